The molecule has 6 aliphatic rings. The Balaban J connectivity index is 1.18. The molecule has 4 saturated carbocycles. The summed E-state index contributed by atoms with van der Waals surface area (Å²) in [6, 6.07) is 8.08. The van der Waals surface area contributed by atoms with Crippen LogP contribution in [-0.2, 0) is 24.0 Å². The van der Waals surface area contributed by atoms with Crippen LogP contribution in [0.25, 0.3) is 5.57 Å². The quantitative estimate of drug-likeness (QED) is 0.243. The summed E-state index contributed by atoms with van der Waals surface area (Å²) in [5, 5.41) is 4.24. The fraction of sp³-hybridized carbons (Fsp3) is 0.800. The van der Waals surface area contributed by atoms with Crippen molar-refractivity contribution < 1.29 is 27.4 Å². The van der Waals surface area contributed by atoms with Gasteiger partial charge in [0.25, 0.3) is 0 Å². The molecule has 1 heterocycles. The van der Waals surface area contributed by atoms with Crippen molar-refractivity contribution in [2.24, 2.45) is 51.2 Å². The van der Waals surface area contributed by atoms with Crippen molar-refractivity contribution in [3.8, 4) is 0 Å². The van der Waals surface area contributed by atoms with E-state index in [1.54, 1.807) is 0 Å². The number of esters is 1. The van der Waals surface area contributed by atoms with Crippen molar-refractivity contribution in [2.75, 3.05) is 65.6 Å². The van der Waals surface area contributed by atoms with E-state index in [0.717, 1.165) is 32.4 Å². The van der Waals surface area contributed by atoms with Crippen LogP contribution in [0, 0.1) is 51.2 Å². The molecule has 0 amide bonds. The molecule has 5 fully saturated rings. The van der Waals surface area contributed by atoms with E-state index >= 15 is 0 Å². The first-order chi connectivity index (χ1) is 25.4. The summed E-state index contributed by atoms with van der Waals surface area (Å²) in [6.07, 6.45) is 13.4. The highest BCUT2D eigenvalue weighted by Gasteiger charge is 2.71. The number of allylic oxidation sites excluding steroid dienone is 2. The van der Waals surface area contributed by atoms with Crippen molar-refractivity contribution in [2.45, 2.75) is 110 Å². The molecule has 1 aromatic carbocycles. The number of nitrogens with zero attached hydrogens (tertiary/aromatic N) is 1. The molecule has 1 unspecified atom stereocenters. The Bertz CT molecular complexity index is 1700. The second-order valence-electron chi connectivity index (χ2n) is 20.0. The summed E-state index contributed by atoms with van der Waals surface area (Å²) < 4.78 is 41.6. The minimum absolute atomic E-state index is 0.0139. The van der Waals surface area contributed by atoms with Gasteiger partial charge in [-0.1, -0.05) is 52.8 Å². The summed E-state index contributed by atoms with van der Waals surface area (Å²) in [6.45, 7) is 19.0. The first kappa shape index (κ1) is 40.4. The maximum atomic E-state index is 12.2. The molecule has 1 saturated heterocycles. The second-order valence-corrected chi connectivity index (χ2v) is 22.3. The molecule has 10 atom stereocenters. The molecule has 0 spiro atoms. The lowest BCUT2D eigenvalue weighted by Gasteiger charge is -2.72. The highest BCUT2D eigenvalue weighted by atomic mass is 32.2. The van der Waals surface area contributed by atoms with Crippen LogP contribution in [0.4, 0.5) is 0 Å². The summed E-state index contributed by atoms with van der Waals surface area (Å²) >= 11 is 0. The number of hydrogen-bond donors (Lipinski definition) is 1. The summed E-state index contributed by atoms with van der Waals surface area (Å²) in [5.74, 6) is 2.98. The Morgan fingerprint density at radius 2 is 1.59 bits per heavy atom. The van der Waals surface area contributed by atoms with Gasteiger partial charge in [-0.2, -0.15) is 0 Å². The molecule has 1 N–H and O–H groups in total. The molecule has 54 heavy (non-hydrogen) atoms. The molecule has 5 aliphatic carbocycles. The van der Waals surface area contributed by atoms with Crippen LogP contribution in [0.15, 0.2) is 30.3 Å². The van der Waals surface area contributed by atoms with Gasteiger partial charge >= 0.3 is 5.97 Å². The molecule has 0 aromatic heterocycles. The van der Waals surface area contributed by atoms with Crippen LogP contribution in [0.2, 0.25) is 0 Å². The monoisotopic (exact) mass is 766 g/mol. The molecule has 1 aliphatic heterocycles. The number of carbonyl (C=O) groups is 1. The molecule has 302 valence electrons. The third kappa shape index (κ3) is 6.28. The number of methoxy groups -OCH3 is 3. The predicted octanol–water partition coefficient (Wildman–Crippen LogP) is 7.67. The van der Waals surface area contributed by atoms with E-state index in [2.05, 4.69) is 70.0 Å². The van der Waals surface area contributed by atoms with Crippen molar-refractivity contribution in [3.05, 3.63) is 41.5 Å². The van der Waals surface area contributed by atoms with Gasteiger partial charge in [0.05, 0.1) is 36.4 Å². The van der Waals surface area contributed by atoms with Gasteiger partial charge in [0, 0.05) is 45.9 Å². The third-order valence-electron chi connectivity index (χ3n) is 17.7. The van der Waals surface area contributed by atoms with E-state index in [4.69, 9.17) is 14.2 Å². The van der Waals surface area contributed by atoms with Gasteiger partial charge in [-0.05, 0) is 139 Å². The van der Waals surface area contributed by atoms with Gasteiger partial charge in [-0.25, -0.2) is 13.2 Å². The minimum atomic E-state index is -2.89. The predicted molar refractivity (Wildman–Crippen MR) is 216 cm³/mol. The van der Waals surface area contributed by atoms with E-state index in [1.165, 1.54) is 56.8 Å². The maximum Gasteiger partial charge on any atom is 0.337 e. The molecule has 9 heteroatoms. The van der Waals surface area contributed by atoms with E-state index < -0.39 is 9.84 Å². The van der Waals surface area contributed by atoms with Crippen molar-refractivity contribution in [1.82, 2.24) is 10.2 Å². The molecule has 8 nitrogen and oxygen atoms in total. The first-order valence-corrected chi connectivity index (χ1v) is 22.9. The number of sulfone groups is 1. The Morgan fingerprint density at radius 3 is 2.24 bits per heavy atom. The lowest BCUT2D eigenvalue weighted by atomic mass is 9.32. The summed E-state index contributed by atoms with van der Waals surface area (Å²) in [5.41, 5.74) is 3.62. The Morgan fingerprint density at radius 1 is 0.889 bits per heavy atom. The lowest BCUT2D eigenvalue weighted by Crippen LogP contribution is -2.69. The molecule has 0 radical (unpaired) electrons. The molecular weight excluding hydrogens is 697 g/mol. The fourth-order valence-electron chi connectivity index (χ4n) is 14.6. The summed E-state index contributed by atoms with van der Waals surface area (Å²) in [7, 11) is 2.25. The molecule has 1 aromatic rings. The van der Waals surface area contributed by atoms with E-state index in [0.29, 0.717) is 54.8 Å². The lowest BCUT2D eigenvalue weighted by molar-refractivity contribution is -0.228. The van der Waals surface area contributed by atoms with Crippen LogP contribution < -0.4 is 5.32 Å². The highest BCUT2D eigenvalue weighted by Crippen LogP contribution is 2.77. The molecular formula is C45H70N2O6S. The number of nitrogens with one attached hydrogen (secondary N) is 1. The van der Waals surface area contributed by atoms with Gasteiger partial charge in [0.15, 0.2) is 9.84 Å². The van der Waals surface area contributed by atoms with E-state index in [9.17, 15) is 13.2 Å². The van der Waals surface area contributed by atoms with Crippen molar-refractivity contribution >= 4 is 21.4 Å². The number of rotatable bonds is 10. The SMILES string of the molecule is COCC(C)(OC)[C@@H]1CC[C@]2(NCCN3CCS(=O)(=O)CC3)CC[C@]3(C)[C@H](CC[C@@H]4[C@@]5(C)CC=C(c6ccc(C(=O)OC)cc6)C(C)(C)[C@@H]5CC[C@]43C)[C@@H]12. The van der Waals surface area contributed by atoms with Crippen molar-refractivity contribution in [1.29, 1.82) is 0 Å². The van der Waals surface area contributed by atoms with Crippen LogP contribution in [0.3, 0.4) is 0 Å². The highest BCUT2D eigenvalue weighted by molar-refractivity contribution is 7.91. The number of benzene rings is 1. The topological polar surface area (TPSA) is 94.2 Å². The largest absolute Gasteiger partial charge is 0.465 e. The fourth-order valence-corrected chi connectivity index (χ4v) is 15.9. The maximum absolute atomic E-state index is 12.2. The van der Waals surface area contributed by atoms with Gasteiger partial charge < -0.3 is 24.4 Å². The number of hydrogen-bond acceptors (Lipinski definition) is 8. The number of fused-ring (bicyclic) bond motifs is 7. The number of carbonyl (C=O) groups excluding carboxylic acids is 1. The van der Waals surface area contributed by atoms with Gasteiger partial charge in [-0.3, -0.25) is 0 Å². The van der Waals surface area contributed by atoms with Gasteiger partial charge in [0.1, 0.15) is 0 Å². The van der Waals surface area contributed by atoms with Gasteiger partial charge in [0.2, 0.25) is 0 Å². The molecule has 0 bridgehead atoms. The molecule has 7 rings (SSSR count). The van der Waals surface area contributed by atoms with Crippen molar-refractivity contribution in [3.63, 3.8) is 0 Å². The van der Waals surface area contributed by atoms with Crippen LogP contribution in [-0.4, -0.2) is 96.0 Å². The first-order valence-electron chi connectivity index (χ1n) is 21.0. The zero-order valence-corrected chi connectivity index (χ0v) is 35.7. The minimum Gasteiger partial charge on any atom is -0.465 e. The standard InChI is InChI=1S/C45H70N2O6S/c1-40(2)33(31-10-12-32(13-11-31)39(48)52-8)16-19-41(3)36(40)18-20-43(5)37(41)15-14-34-38-35(44(6,53-9)30-51-7)17-21-45(38,23-22-42(34,43)4)46-24-25-47-26-28-54(49,50)29-27-47/h10-13,16,34-38,46H,14-15,17-30H2,1-9H3/t34-,35-,36+,37-,38+,41+,42-,43-,44?,45+/m1/s1. The zero-order chi connectivity index (χ0) is 39.0. The smallest absolute Gasteiger partial charge is 0.337 e. The van der Waals surface area contributed by atoms with Crippen LogP contribution >= 0.6 is 0 Å². The summed E-state index contributed by atoms with van der Waals surface area (Å²) in [4.78, 5) is 14.5. The van der Waals surface area contributed by atoms with Crippen LogP contribution in [0.1, 0.15) is 115 Å². The van der Waals surface area contributed by atoms with E-state index in [-0.39, 0.29) is 50.3 Å². The normalized spacial score (nSPS) is 41.0. The van der Waals surface area contributed by atoms with Gasteiger partial charge in [-0.15, -0.1) is 0 Å². The Kier molecular flexibility index (Phi) is 10.7. The second kappa shape index (κ2) is 14.2. The Labute approximate surface area is 326 Å². The zero-order valence-electron chi connectivity index (χ0n) is 34.9. The average molecular weight is 767 g/mol. The third-order valence-corrected chi connectivity index (χ3v) is 19.3. The van der Waals surface area contributed by atoms with E-state index in [1.807, 2.05) is 26.4 Å². The Hall–Kier alpha value is -1.78. The van der Waals surface area contributed by atoms with Crippen LogP contribution in [0.5, 0.6) is 0 Å². The average Bonchev–Trinajstić information content (AvgIpc) is 3.52. The number of ether oxygens (including phenoxy) is 3.